The minimum absolute atomic E-state index is 0.231. The molecule has 2 nitrogen and oxygen atoms in total. The molecule has 2 aromatic rings. The van der Waals surface area contributed by atoms with Gasteiger partial charge in [-0.25, -0.2) is 4.39 Å². The average molecular weight is 359 g/mol. The number of methoxy groups -OCH3 is 1. The second-order valence-corrected chi connectivity index (χ2v) is 5.71. The molecule has 0 radical (unpaired) electrons. The lowest BCUT2D eigenvalue weighted by Gasteiger charge is -2.13. The van der Waals surface area contributed by atoms with Crippen LogP contribution in [0.25, 0.3) is 0 Å². The van der Waals surface area contributed by atoms with Crippen LogP contribution in [0.1, 0.15) is 17.2 Å². The van der Waals surface area contributed by atoms with E-state index in [4.69, 9.17) is 22.1 Å². The molecule has 1 unspecified atom stereocenters. The summed E-state index contributed by atoms with van der Waals surface area (Å²) in [7, 11) is 1.44. The van der Waals surface area contributed by atoms with E-state index in [-0.39, 0.29) is 17.6 Å². The Hall–Kier alpha value is -1.10. The molecule has 2 rings (SSSR count). The van der Waals surface area contributed by atoms with Crippen LogP contribution in [0.3, 0.4) is 0 Å². The van der Waals surface area contributed by atoms with Crippen molar-refractivity contribution in [3.05, 3.63) is 62.8 Å². The Morgan fingerprint density at radius 1 is 1.30 bits per heavy atom. The van der Waals surface area contributed by atoms with Crippen molar-refractivity contribution < 1.29 is 9.13 Å². The highest BCUT2D eigenvalue weighted by molar-refractivity contribution is 9.10. The Labute approximate surface area is 130 Å². The van der Waals surface area contributed by atoms with E-state index in [0.717, 1.165) is 15.6 Å². The van der Waals surface area contributed by atoms with Gasteiger partial charge in [0.1, 0.15) is 0 Å². The summed E-state index contributed by atoms with van der Waals surface area (Å²) in [6, 6.07) is 10.2. The van der Waals surface area contributed by atoms with Crippen LogP contribution >= 0.6 is 27.5 Å². The van der Waals surface area contributed by atoms with Gasteiger partial charge < -0.3 is 10.5 Å². The summed E-state index contributed by atoms with van der Waals surface area (Å²) in [4.78, 5) is 0. The van der Waals surface area contributed by atoms with Gasteiger partial charge in [-0.15, -0.1) is 0 Å². The third-order valence-corrected chi connectivity index (χ3v) is 4.28. The molecule has 20 heavy (non-hydrogen) atoms. The summed E-state index contributed by atoms with van der Waals surface area (Å²) >= 11 is 9.38. The SMILES string of the molecule is COc1ccc(CC(N)c2ccc(Br)c(Cl)c2)cc1F. The number of ether oxygens (including phenoxy) is 1. The predicted octanol–water partition coefficient (Wildman–Crippen LogP) is 4.49. The Morgan fingerprint density at radius 2 is 2.05 bits per heavy atom. The van der Waals surface area contributed by atoms with Gasteiger partial charge in [0.15, 0.2) is 11.6 Å². The van der Waals surface area contributed by atoms with E-state index in [1.165, 1.54) is 13.2 Å². The zero-order chi connectivity index (χ0) is 14.7. The summed E-state index contributed by atoms with van der Waals surface area (Å²) in [5, 5.41) is 0.610. The fourth-order valence-electron chi connectivity index (χ4n) is 1.95. The molecule has 0 aliphatic heterocycles. The topological polar surface area (TPSA) is 35.2 Å². The average Bonchev–Trinajstić information content (AvgIpc) is 2.42. The molecule has 0 aliphatic rings. The molecular weight excluding hydrogens is 345 g/mol. The van der Waals surface area contributed by atoms with E-state index in [2.05, 4.69) is 15.9 Å². The molecule has 0 saturated heterocycles. The third-order valence-electron chi connectivity index (χ3n) is 3.04. The van der Waals surface area contributed by atoms with Gasteiger partial charge in [-0.3, -0.25) is 0 Å². The van der Waals surface area contributed by atoms with Gasteiger partial charge in [-0.1, -0.05) is 23.7 Å². The van der Waals surface area contributed by atoms with Crippen molar-refractivity contribution >= 4 is 27.5 Å². The molecular formula is C15H14BrClFNO. The van der Waals surface area contributed by atoms with Crippen LogP contribution in [0, 0.1) is 5.82 Å². The first-order chi connectivity index (χ1) is 9.51. The maximum atomic E-state index is 13.6. The molecule has 0 aliphatic carbocycles. The van der Waals surface area contributed by atoms with Crippen LogP contribution in [0.15, 0.2) is 40.9 Å². The molecule has 0 bridgehead atoms. The van der Waals surface area contributed by atoms with Crippen LogP contribution in [0.2, 0.25) is 5.02 Å². The second kappa shape index (κ2) is 6.57. The number of benzene rings is 2. The van der Waals surface area contributed by atoms with E-state index >= 15 is 0 Å². The van der Waals surface area contributed by atoms with Gasteiger partial charge in [-0.2, -0.15) is 0 Å². The predicted molar refractivity (Wildman–Crippen MR) is 82.7 cm³/mol. The first-order valence-corrected chi connectivity index (χ1v) is 7.21. The first kappa shape index (κ1) is 15.3. The summed E-state index contributed by atoms with van der Waals surface area (Å²) in [5.74, 6) is -0.153. The van der Waals surface area contributed by atoms with Gasteiger partial charge in [0, 0.05) is 10.5 Å². The van der Waals surface area contributed by atoms with Gasteiger partial charge >= 0.3 is 0 Å². The lowest BCUT2D eigenvalue weighted by Crippen LogP contribution is -2.13. The Balaban J connectivity index is 2.16. The molecule has 2 aromatic carbocycles. The molecule has 0 heterocycles. The number of hydrogen-bond donors (Lipinski definition) is 1. The molecule has 0 amide bonds. The molecule has 1 atom stereocenters. The Kier molecular flexibility index (Phi) is 5.02. The molecule has 2 N–H and O–H groups in total. The maximum Gasteiger partial charge on any atom is 0.165 e. The van der Waals surface area contributed by atoms with Crippen molar-refractivity contribution in [3.8, 4) is 5.75 Å². The normalized spacial score (nSPS) is 12.2. The summed E-state index contributed by atoms with van der Waals surface area (Å²) in [5.41, 5.74) is 7.87. The van der Waals surface area contributed by atoms with Crippen molar-refractivity contribution in [1.29, 1.82) is 0 Å². The smallest absolute Gasteiger partial charge is 0.165 e. The first-order valence-electron chi connectivity index (χ1n) is 6.04. The fourth-order valence-corrected chi connectivity index (χ4v) is 2.39. The molecule has 0 fully saturated rings. The van der Waals surface area contributed by atoms with Crippen molar-refractivity contribution in [3.63, 3.8) is 0 Å². The highest BCUT2D eigenvalue weighted by atomic mass is 79.9. The van der Waals surface area contributed by atoms with Crippen molar-refractivity contribution in [2.75, 3.05) is 7.11 Å². The van der Waals surface area contributed by atoms with Gasteiger partial charge in [0.05, 0.1) is 12.1 Å². The van der Waals surface area contributed by atoms with Crippen LogP contribution in [-0.2, 0) is 6.42 Å². The van der Waals surface area contributed by atoms with Gasteiger partial charge in [0.25, 0.3) is 0 Å². The van der Waals surface area contributed by atoms with Crippen LogP contribution in [0.4, 0.5) is 4.39 Å². The maximum absolute atomic E-state index is 13.6. The lowest BCUT2D eigenvalue weighted by molar-refractivity contribution is 0.386. The van der Waals surface area contributed by atoms with E-state index in [9.17, 15) is 4.39 Å². The van der Waals surface area contributed by atoms with E-state index in [1.54, 1.807) is 6.07 Å². The van der Waals surface area contributed by atoms with Crippen molar-refractivity contribution in [1.82, 2.24) is 0 Å². The Morgan fingerprint density at radius 3 is 2.65 bits per heavy atom. The Bertz CT molecular complexity index is 621. The third kappa shape index (κ3) is 3.51. The minimum atomic E-state index is -0.383. The second-order valence-electron chi connectivity index (χ2n) is 4.45. The largest absolute Gasteiger partial charge is 0.494 e. The zero-order valence-electron chi connectivity index (χ0n) is 10.9. The van der Waals surface area contributed by atoms with Crippen LogP contribution in [-0.4, -0.2) is 7.11 Å². The standard InChI is InChI=1S/C15H14BrClFNO/c1-20-15-5-2-9(6-13(15)18)7-14(19)10-3-4-11(16)12(17)8-10/h2-6,8,14H,7,19H2,1H3. The molecule has 0 saturated carbocycles. The molecule has 0 spiro atoms. The number of hydrogen-bond acceptors (Lipinski definition) is 2. The number of nitrogens with two attached hydrogens (primary N) is 1. The molecule has 106 valence electrons. The summed E-state index contributed by atoms with van der Waals surface area (Å²) in [6.45, 7) is 0. The van der Waals surface area contributed by atoms with Crippen LogP contribution in [0.5, 0.6) is 5.75 Å². The van der Waals surface area contributed by atoms with Crippen molar-refractivity contribution in [2.24, 2.45) is 5.73 Å². The van der Waals surface area contributed by atoms with Crippen molar-refractivity contribution in [2.45, 2.75) is 12.5 Å². The zero-order valence-corrected chi connectivity index (χ0v) is 13.2. The van der Waals surface area contributed by atoms with Crippen LogP contribution < -0.4 is 10.5 Å². The van der Waals surface area contributed by atoms with E-state index in [0.29, 0.717) is 11.4 Å². The number of halogens is 3. The van der Waals surface area contributed by atoms with E-state index < -0.39 is 0 Å². The fraction of sp³-hybridized carbons (Fsp3) is 0.200. The number of rotatable bonds is 4. The van der Waals surface area contributed by atoms with Gasteiger partial charge in [0.2, 0.25) is 0 Å². The summed E-state index contributed by atoms with van der Waals surface area (Å²) < 4.78 is 19.3. The van der Waals surface area contributed by atoms with E-state index in [1.807, 2.05) is 24.3 Å². The minimum Gasteiger partial charge on any atom is -0.494 e. The highest BCUT2D eigenvalue weighted by Gasteiger charge is 2.11. The highest BCUT2D eigenvalue weighted by Crippen LogP contribution is 2.27. The summed E-state index contributed by atoms with van der Waals surface area (Å²) in [6.07, 6.45) is 0.527. The molecule has 5 heteroatoms. The molecule has 0 aromatic heterocycles. The quantitative estimate of drug-likeness (QED) is 0.874. The van der Waals surface area contributed by atoms with Gasteiger partial charge in [-0.05, 0) is 57.7 Å². The lowest BCUT2D eigenvalue weighted by atomic mass is 9.99. The monoisotopic (exact) mass is 357 g/mol.